The van der Waals surface area contributed by atoms with E-state index in [9.17, 15) is 9.59 Å². The molecular formula is C24H18Cl2N2O7. The Labute approximate surface area is 208 Å². The smallest absolute Gasteiger partial charge is 0.296 e. The zero-order chi connectivity index (χ0) is 25.0. The van der Waals surface area contributed by atoms with Gasteiger partial charge in [-0.3, -0.25) is 14.5 Å². The second-order valence-corrected chi connectivity index (χ2v) is 8.61. The predicted octanol–water partition coefficient (Wildman–Crippen LogP) is 5.17. The van der Waals surface area contributed by atoms with Crippen LogP contribution in [0.1, 0.15) is 33.5 Å². The summed E-state index contributed by atoms with van der Waals surface area (Å²) in [7, 11) is 4.42. The molecule has 0 saturated heterocycles. The summed E-state index contributed by atoms with van der Waals surface area (Å²) in [6.45, 7) is 1.69. The number of halogens is 2. The third kappa shape index (κ3) is 3.50. The van der Waals surface area contributed by atoms with Crippen LogP contribution in [0, 0.1) is 6.92 Å². The van der Waals surface area contributed by atoms with Gasteiger partial charge in [0.2, 0.25) is 11.5 Å². The van der Waals surface area contributed by atoms with E-state index in [1.165, 1.54) is 38.4 Å². The van der Waals surface area contributed by atoms with E-state index in [1.807, 2.05) is 0 Å². The number of carbonyl (C=O) groups excluding carboxylic acids is 1. The molecule has 0 bridgehead atoms. The van der Waals surface area contributed by atoms with Gasteiger partial charge in [-0.15, -0.1) is 0 Å². The van der Waals surface area contributed by atoms with Gasteiger partial charge in [-0.2, -0.15) is 0 Å². The molecule has 0 radical (unpaired) electrons. The molecule has 0 fully saturated rings. The van der Waals surface area contributed by atoms with E-state index in [1.54, 1.807) is 25.1 Å². The van der Waals surface area contributed by atoms with Crippen molar-refractivity contribution in [1.82, 2.24) is 5.16 Å². The van der Waals surface area contributed by atoms with Crippen molar-refractivity contribution in [1.29, 1.82) is 0 Å². The van der Waals surface area contributed by atoms with Crippen molar-refractivity contribution < 1.29 is 27.9 Å². The monoisotopic (exact) mass is 516 g/mol. The van der Waals surface area contributed by atoms with Crippen LogP contribution in [-0.2, 0) is 0 Å². The first kappa shape index (κ1) is 23.1. The van der Waals surface area contributed by atoms with Crippen molar-refractivity contribution in [3.63, 3.8) is 0 Å². The van der Waals surface area contributed by atoms with Crippen LogP contribution in [0.15, 0.2) is 44.1 Å². The van der Waals surface area contributed by atoms with Crippen LogP contribution >= 0.6 is 23.2 Å². The molecule has 2 aromatic heterocycles. The van der Waals surface area contributed by atoms with Crippen LogP contribution in [-0.4, -0.2) is 32.4 Å². The number of nitrogens with zero attached hydrogens (tertiary/aromatic N) is 2. The highest BCUT2D eigenvalue weighted by atomic mass is 35.5. The second-order valence-electron chi connectivity index (χ2n) is 7.77. The van der Waals surface area contributed by atoms with E-state index in [4.69, 9.17) is 46.4 Å². The van der Waals surface area contributed by atoms with Gasteiger partial charge in [0.25, 0.3) is 5.91 Å². The maximum Gasteiger partial charge on any atom is 0.296 e. The lowest BCUT2D eigenvalue weighted by molar-refractivity contribution is 0.0969. The minimum atomic E-state index is -0.950. The molecule has 1 atom stereocenters. The maximum atomic E-state index is 13.8. The van der Waals surface area contributed by atoms with Gasteiger partial charge in [0, 0.05) is 11.1 Å². The first-order valence-corrected chi connectivity index (χ1v) is 11.1. The zero-order valence-electron chi connectivity index (χ0n) is 19.0. The highest BCUT2D eigenvalue weighted by molar-refractivity contribution is 6.38. The van der Waals surface area contributed by atoms with Gasteiger partial charge < -0.3 is 23.2 Å². The molecule has 0 saturated carbocycles. The molecular weight excluding hydrogens is 499 g/mol. The third-order valence-corrected chi connectivity index (χ3v) is 6.26. The van der Waals surface area contributed by atoms with E-state index in [2.05, 4.69) is 5.16 Å². The summed E-state index contributed by atoms with van der Waals surface area (Å²) in [5, 5.41) is 4.52. The lowest BCUT2D eigenvalue weighted by Gasteiger charge is -2.24. The fraction of sp³-hybridized carbons (Fsp3) is 0.208. The van der Waals surface area contributed by atoms with Crippen molar-refractivity contribution in [3.05, 3.63) is 73.2 Å². The van der Waals surface area contributed by atoms with Crippen LogP contribution in [0.25, 0.3) is 11.0 Å². The first-order chi connectivity index (χ1) is 16.8. The number of ether oxygens (including phenoxy) is 3. The van der Waals surface area contributed by atoms with E-state index in [-0.39, 0.29) is 38.2 Å². The fourth-order valence-corrected chi connectivity index (χ4v) is 4.81. The standard InChI is InChI=1S/C24H18Cl2N2O7/c1-10-5-17(27-35-10)28-19(11-6-15(31-2)22(33-4)16(7-11)32-3)18-20(29)13-8-12(25)9-14(26)21(13)34-23(18)24(28)30/h5-9,19H,1-4H3/t19-/m0/s1. The molecule has 3 heterocycles. The lowest BCUT2D eigenvalue weighted by atomic mass is 9.97. The summed E-state index contributed by atoms with van der Waals surface area (Å²) in [4.78, 5) is 28.8. The van der Waals surface area contributed by atoms with Crippen molar-refractivity contribution in [3.8, 4) is 17.2 Å². The van der Waals surface area contributed by atoms with Crippen molar-refractivity contribution in [2.75, 3.05) is 26.2 Å². The van der Waals surface area contributed by atoms with E-state index in [0.29, 0.717) is 28.6 Å². The molecule has 2 aromatic carbocycles. The van der Waals surface area contributed by atoms with Gasteiger partial charge in [-0.05, 0) is 36.8 Å². The number of aryl methyl sites for hydroxylation is 1. The van der Waals surface area contributed by atoms with E-state index < -0.39 is 17.4 Å². The average Bonchev–Trinajstić information content (AvgIpc) is 3.39. The predicted molar refractivity (Wildman–Crippen MR) is 128 cm³/mol. The number of methoxy groups -OCH3 is 3. The molecule has 1 aliphatic rings. The maximum absolute atomic E-state index is 13.8. The first-order valence-electron chi connectivity index (χ1n) is 10.3. The van der Waals surface area contributed by atoms with Gasteiger partial charge in [0.1, 0.15) is 5.76 Å². The molecule has 1 amide bonds. The highest BCUT2D eigenvalue weighted by Crippen LogP contribution is 2.46. The Balaban J connectivity index is 1.86. The molecule has 0 N–H and O–H groups in total. The van der Waals surface area contributed by atoms with Gasteiger partial charge in [0.05, 0.1) is 43.3 Å². The Kier molecular flexibility index (Phi) is 5.61. The topological polar surface area (TPSA) is 104 Å². The van der Waals surface area contributed by atoms with Crippen molar-refractivity contribution in [2.45, 2.75) is 13.0 Å². The minimum absolute atomic E-state index is 0.0648. The van der Waals surface area contributed by atoms with E-state index in [0.717, 1.165) is 0 Å². The van der Waals surface area contributed by atoms with Crippen molar-refractivity contribution in [2.24, 2.45) is 0 Å². The molecule has 35 heavy (non-hydrogen) atoms. The summed E-state index contributed by atoms with van der Waals surface area (Å²) >= 11 is 12.4. The summed E-state index contributed by atoms with van der Waals surface area (Å²) in [5.74, 6) is 0.974. The van der Waals surface area contributed by atoms with Gasteiger partial charge >= 0.3 is 0 Å². The molecule has 0 spiro atoms. The van der Waals surface area contributed by atoms with Gasteiger partial charge in [0.15, 0.2) is 28.3 Å². The Bertz CT molecular complexity index is 1530. The normalized spacial score (nSPS) is 15.0. The number of carbonyl (C=O) groups is 1. The quantitative estimate of drug-likeness (QED) is 0.357. The van der Waals surface area contributed by atoms with Crippen LogP contribution in [0.3, 0.4) is 0 Å². The molecule has 180 valence electrons. The Hall–Kier alpha value is -3.69. The van der Waals surface area contributed by atoms with Gasteiger partial charge in [-0.25, -0.2) is 0 Å². The molecule has 9 nitrogen and oxygen atoms in total. The molecule has 4 aromatic rings. The molecule has 5 rings (SSSR count). The Morgan fingerprint density at radius 1 is 0.971 bits per heavy atom. The molecule has 0 unspecified atom stereocenters. The van der Waals surface area contributed by atoms with Crippen LogP contribution in [0.4, 0.5) is 5.82 Å². The number of benzene rings is 2. The zero-order valence-corrected chi connectivity index (χ0v) is 20.5. The lowest BCUT2D eigenvalue weighted by Crippen LogP contribution is -2.29. The third-order valence-electron chi connectivity index (χ3n) is 5.76. The summed E-state index contributed by atoms with van der Waals surface area (Å²) in [6, 6.07) is 6.84. The summed E-state index contributed by atoms with van der Waals surface area (Å²) in [6.07, 6.45) is 0. The highest BCUT2D eigenvalue weighted by Gasteiger charge is 2.45. The number of hydrogen-bond acceptors (Lipinski definition) is 8. The number of fused-ring (bicyclic) bond motifs is 2. The van der Waals surface area contributed by atoms with E-state index >= 15 is 0 Å². The summed E-state index contributed by atoms with van der Waals surface area (Å²) < 4.78 is 27.5. The fourth-order valence-electron chi connectivity index (χ4n) is 4.28. The SMILES string of the molecule is COc1cc([C@H]2c3c(oc4c(Cl)cc(Cl)cc4c3=O)C(=O)N2c2cc(C)on2)cc(OC)c1OC. The summed E-state index contributed by atoms with van der Waals surface area (Å²) in [5.41, 5.74) is 0.193. The number of anilines is 1. The number of hydrogen-bond donors (Lipinski definition) is 0. The molecule has 11 heteroatoms. The molecule has 1 aliphatic heterocycles. The average molecular weight is 517 g/mol. The van der Waals surface area contributed by atoms with Crippen molar-refractivity contribution >= 4 is 45.9 Å². The second kappa shape index (κ2) is 8.51. The Morgan fingerprint density at radius 3 is 2.23 bits per heavy atom. The number of rotatable bonds is 5. The van der Waals surface area contributed by atoms with Crippen LogP contribution in [0.2, 0.25) is 10.0 Å². The number of aromatic nitrogens is 1. The largest absolute Gasteiger partial charge is 0.493 e. The van der Waals surface area contributed by atoms with Gasteiger partial charge in [-0.1, -0.05) is 28.4 Å². The number of amides is 1. The Morgan fingerprint density at radius 2 is 1.66 bits per heavy atom. The van der Waals surface area contributed by atoms with Crippen LogP contribution in [0.5, 0.6) is 17.2 Å². The molecule has 0 aliphatic carbocycles. The minimum Gasteiger partial charge on any atom is -0.493 e. The van der Waals surface area contributed by atoms with Crippen LogP contribution < -0.4 is 24.5 Å².